The van der Waals surface area contributed by atoms with Crippen LogP contribution in [-0.4, -0.2) is 31.7 Å². The lowest BCUT2D eigenvalue weighted by Gasteiger charge is -2.11. The predicted molar refractivity (Wildman–Crippen MR) is 107 cm³/mol. The van der Waals surface area contributed by atoms with Gasteiger partial charge in [-0.25, -0.2) is 9.82 Å². The molecule has 2 aromatic rings. The number of nitrogens with zero attached hydrogens (tertiary/aromatic N) is 1. The first-order valence-corrected chi connectivity index (χ1v) is 9.10. The molecule has 0 aliphatic heterocycles. The summed E-state index contributed by atoms with van der Waals surface area (Å²) in [7, 11) is 1.52. The second-order valence-corrected chi connectivity index (χ2v) is 6.35. The summed E-state index contributed by atoms with van der Waals surface area (Å²) in [5.41, 5.74) is 3.33. The van der Waals surface area contributed by atoms with Crippen LogP contribution in [0, 0.1) is 5.82 Å². The van der Waals surface area contributed by atoms with Crippen molar-refractivity contribution in [1.82, 2.24) is 5.43 Å². The Morgan fingerprint density at radius 2 is 1.93 bits per heavy atom. The maximum atomic E-state index is 12.8. The maximum Gasteiger partial charge on any atom is 0.249 e. The Kier molecular flexibility index (Phi) is 7.94. The van der Waals surface area contributed by atoms with E-state index in [1.54, 1.807) is 12.1 Å². The van der Waals surface area contributed by atoms with Crippen molar-refractivity contribution < 1.29 is 23.5 Å². The third-order valence-electron chi connectivity index (χ3n) is 3.39. The molecule has 148 valence electrons. The zero-order valence-electron chi connectivity index (χ0n) is 15.3. The molecule has 2 amide bonds. The number of ether oxygens (including phenoxy) is 2. The van der Waals surface area contributed by atoms with Crippen molar-refractivity contribution in [1.29, 1.82) is 0 Å². The topological polar surface area (TPSA) is 89.0 Å². The average Bonchev–Trinajstić information content (AvgIpc) is 2.65. The second kappa shape index (κ2) is 10.4. The lowest BCUT2D eigenvalue weighted by Crippen LogP contribution is -2.24. The van der Waals surface area contributed by atoms with Gasteiger partial charge in [0, 0.05) is 5.69 Å². The molecule has 0 aliphatic carbocycles. The molecule has 0 saturated heterocycles. The second-order valence-electron chi connectivity index (χ2n) is 5.49. The minimum Gasteiger partial charge on any atom is -0.493 e. The molecule has 9 heteroatoms. The number of hydrogen-bond donors (Lipinski definition) is 2. The minimum absolute atomic E-state index is 0.397. The van der Waals surface area contributed by atoms with Gasteiger partial charge in [0.05, 0.1) is 24.4 Å². The third-order valence-corrected chi connectivity index (χ3v) is 3.98. The van der Waals surface area contributed by atoms with E-state index in [1.807, 2.05) is 6.92 Å². The number of carbonyl (C=O) groups is 2. The number of carbonyl (C=O) groups excluding carboxylic acids is 2. The van der Waals surface area contributed by atoms with Crippen LogP contribution in [0.5, 0.6) is 11.5 Å². The molecule has 0 saturated carbocycles. The van der Waals surface area contributed by atoms with E-state index in [1.165, 1.54) is 37.6 Å². The molecule has 0 radical (unpaired) electrons. The van der Waals surface area contributed by atoms with Crippen molar-refractivity contribution in [3.8, 4) is 11.5 Å². The molecule has 2 rings (SSSR count). The summed E-state index contributed by atoms with van der Waals surface area (Å²) in [6, 6.07) is 8.68. The number of halogens is 2. The van der Waals surface area contributed by atoms with E-state index in [0.717, 1.165) is 0 Å². The molecule has 0 aromatic heterocycles. The average molecular weight is 452 g/mol. The zero-order valence-corrected chi connectivity index (χ0v) is 16.9. The van der Waals surface area contributed by atoms with E-state index in [9.17, 15) is 14.0 Å². The fourth-order valence-corrected chi connectivity index (χ4v) is 2.78. The van der Waals surface area contributed by atoms with E-state index in [4.69, 9.17) is 9.47 Å². The van der Waals surface area contributed by atoms with Gasteiger partial charge in [-0.15, -0.1) is 0 Å². The number of hydrogen-bond acceptors (Lipinski definition) is 5. The number of benzene rings is 2. The molecule has 2 aromatic carbocycles. The summed E-state index contributed by atoms with van der Waals surface area (Å²) in [6.45, 7) is 2.35. The van der Waals surface area contributed by atoms with Crippen LogP contribution in [0.25, 0.3) is 0 Å². The van der Waals surface area contributed by atoms with Crippen LogP contribution >= 0.6 is 15.9 Å². The molecule has 0 spiro atoms. The standard InChI is InChI=1S/C19H19BrFN3O4/c1-3-28-19-15(20)8-12(9-16(19)27-2)11-22-24-18(26)10-17(25)23-14-6-4-13(21)5-7-14/h4-9,11H,3,10H2,1-2H3,(H,23,25)(H,24,26). The van der Waals surface area contributed by atoms with Crippen LogP contribution in [0.3, 0.4) is 0 Å². The van der Waals surface area contributed by atoms with Gasteiger partial charge in [-0.3, -0.25) is 9.59 Å². The fraction of sp³-hybridized carbons (Fsp3) is 0.211. The number of hydrazone groups is 1. The number of nitrogens with one attached hydrogen (secondary N) is 2. The molecule has 0 unspecified atom stereocenters. The quantitative estimate of drug-likeness (QED) is 0.365. The molecular formula is C19H19BrFN3O4. The van der Waals surface area contributed by atoms with Crippen molar-refractivity contribution in [2.24, 2.45) is 5.10 Å². The van der Waals surface area contributed by atoms with Crippen molar-refractivity contribution in [2.45, 2.75) is 13.3 Å². The summed E-state index contributed by atoms with van der Waals surface area (Å²) in [4.78, 5) is 23.6. The first kappa shape index (κ1) is 21.4. The van der Waals surface area contributed by atoms with E-state index < -0.39 is 24.1 Å². The number of methoxy groups -OCH3 is 1. The summed E-state index contributed by atoms with van der Waals surface area (Å²) in [5.74, 6) is -0.452. The Morgan fingerprint density at radius 3 is 2.57 bits per heavy atom. The Labute approximate surface area is 170 Å². The Bertz CT molecular complexity index is 872. The molecule has 0 fully saturated rings. The minimum atomic E-state index is -0.590. The first-order chi connectivity index (χ1) is 13.4. The highest BCUT2D eigenvalue weighted by Gasteiger charge is 2.11. The summed E-state index contributed by atoms with van der Waals surface area (Å²) in [6.07, 6.45) is 0.990. The van der Waals surface area contributed by atoms with Crippen LogP contribution in [0.15, 0.2) is 46.0 Å². The number of rotatable bonds is 8. The van der Waals surface area contributed by atoms with Crippen molar-refractivity contribution >= 4 is 39.6 Å². The highest BCUT2D eigenvalue weighted by molar-refractivity contribution is 9.10. The van der Waals surface area contributed by atoms with Gasteiger partial charge in [-0.1, -0.05) is 0 Å². The summed E-state index contributed by atoms with van der Waals surface area (Å²) < 4.78 is 24.3. The lowest BCUT2D eigenvalue weighted by molar-refractivity contribution is -0.126. The van der Waals surface area contributed by atoms with Gasteiger partial charge < -0.3 is 14.8 Å². The highest BCUT2D eigenvalue weighted by atomic mass is 79.9. The van der Waals surface area contributed by atoms with Crippen LogP contribution in [-0.2, 0) is 9.59 Å². The Morgan fingerprint density at radius 1 is 1.21 bits per heavy atom. The van der Waals surface area contributed by atoms with Crippen LogP contribution < -0.4 is 20.2 Å². The van der Waals surface area contributed by atoms with Crippen molar-refractivity contribution in [3.05, 3.63) is 52.3 Å². The Balaban J connectivity index is 1.91. The van der Waals surface area contributed by atoms with Crippen LogP contribution in [0.1, 0.15) is 18.9 Å². The molecular weight excluding hydrogens is 433 g/mol. The SMILES string of the molecule is CCOc1c(Br)cc(C=NNC(=O)CC(=O)Nc2ccc(F)cc2)cc1OC. The highest BCUT2D eigenvalue weighted by Crippen LogP contribution is 2.36. The largest absolute Gasteiger partial charge is 0.493 e. The lowest BCUT2D eigenvalue weighted by atomic mass is 10.2. The summed E-state index contributed by atoms with van der Waals surface area (Å²) in [5, 5.41) is 6.33. The first-order valence-electron chi connectivity index (χ1n) is 8.30. The van der Waals surface area contributed by atoms with Gasteiger partial charge in [0.15, 0.2) is 11.5 Å². The van der Waals surface area contributed by atoms with Gasteiger partial charge >= 0.3 is 0 Å². The van der Waals surface area contributed by atoms with Gasteiger partial charge in [0.1, 0.15) is 12.2 Å². The third kappa shape index (κ3) is 6.34. The van der Waals surface area contributed by atoms with E-state index in [-0.39, 0.29) is 0 Å². The molecule has 0 aliphatic rings. The normalized spacial score (nSPS) is 10.6. The number of amides is 2. The van der Waals surface area contributed by atoms with Crippen LogP contribution in [0.4, 0.5) is 10.1 Å². The molecule has 0 heterocycles. The molecule has 2 N–H and O–H groups in total. The van der Waals surface area contributed by atoms with Gasteiger partial charge in [-0.2, -0.15) is 5.10 Å². The molecule has 28 heavy (non-hydrogen) atoms. The molecule has 0 atom stereocenters. The van der Waals surface area contributed by atoms with Gasteiger partial charge in [0.25, 0.3) is 0 Å². The van der Waals surface area contributed by atoms with Crippen molar-refractivity contribution in [3.63, 3.8) is 0 Å². The fourth-order valence-electron chi connectivity index (χ4n) is 2.20. The van der Waals surface area contributed by atoms with Gasteiger partial charge in [0.2, 0.25) is 11.8 Å². The van der Waals surface area contributed by atoms with Crippen molar-refractivity contribution in [2.75, 3.05) is 19.0 Å². The maximum absolute atomic E-state index is 12.8. The molecule has 7 nitrogen and oxygen atoms in total. The van der Waals surface area contributed by atoms with E-state index in [2.05, 4.69) is 31.8 Å². The van der Waals surface area contributed by atoms with Gasteiger partial charge in [-0.05, 0) is 64.8 Å². The zero-order chi connectivity index (χ0) is 20.5. The Hall–Kier alpha value is -2.94. The van der Waals surface area contributed by atoms with E-state index >= 15 is 0 Å². The van der Waals surface area contributed by atoms with E-state index in [0.29, 0.717) is 33.8 Å². The number of anilines is 1. The van der Waals surface area contributed by atoms with Crippen LogP contribution in [0.2, 0.25) is 0 Å². The molecule has 0 bridgehead atoms. The summed E-state index contributed by atoms with van der Waals surface area (Å²) >= 11 is 3.40. The smallest absolute Gasteiger partial charge is 0.249 e. The monoisotopic (exact) mass is 451 g/mol. The predicted octanol–water partition coefficient (Wildman–Crippen LogP) is 3.47.